The van der Waals surface area contributed by atoms with Crippen molar-refractivity contribution in [2.45, 2.75) is 25.7 Å². The Bertz CT molecular complexity index is 556. The molecule has 0 aliphatic carbocycles. The van der Waals surface area contributed by atoms with Gasteiger partial charge in [-0.3, -0.25) is 4.79 Å². The average Bonchev–Trinajstić information content (AvgIpc) is 3.06. The first kappa shape index (κ1) is 20.1. The summed E-state index contributed by atoms with van der Waals surface area (Å²) in [5.41, 5.74) is 0.786. The third-order valence-electron chi connectivity index (χ3n) is 5.45. The Morgan fingerprint density at radius 3 is 2.64 bits per heavy atom. The Hall–Kier alpha value is -1.17. The smallest absolute Gasteiger partial charge is 0.231 e. The fourth-order valence-corrected chi connectivity index (χ4v) is 4.07. The van der Waals surface area contributed by atoms with Gasteiger partial charge in [0.15, 0.2) is 0 Å². The molecular formula is C19H28ClFN2O2. The SMILES string of the molecule is COCC1(C(=O)N2CCC(Cc3ccc(F)cc3)C2)CCNCC1.Cl. The first-order valence-corrected chi connectivity index (χ1v) is 8.86. The molecule has 1 aromatic rings. The van der Waals surface area contributed by atoms with Gasteiger partial charge in [-0.2, -0.15) is 0 Å². The molecule has 1 atom stereocenters. The van der Waals surface area contributed by atoms with Crippen LogP contribution in [0.3, 0.4) is 0 Å². The monoisotopic (exact) mass is 370 g/mol. The van der Waals surface area contributed by atoms with Gasteiger partial charge in [0.2, 0.25) is 5.91 Å². The molecule has 4 nitrogen and oxygen atoms in total. The van der Waals surface area contributed by atoms with E-state index >= 15 is 0 Å². The number of carbonyl (C=O) groups excluding carboxylic acids is 1. The van der Waals surface area contributed by atoms with E-state index in [9.17, 15) is 9.18 Å². The molecule has 1 aromatic carbocycles. The van der Waals surface area contributed by atoms with Crippen LogP contribution in [-0.4, -0.2) is 50.7 Å². The van der Waals surface area contributed by atoms with Gasteiger partial charge in [-0.25, -0.2) is 4.39 Å². The van der Waals surface area contributed by atoms with E-state index in [-0.39, 0.29) is 29.5 Å². The van der Waals surface area contributed by atoms with E-state index < -0.39 is 0 Å². The maximum atomic E-state index is 13.1. The van der Waals surface area contributed by atoms with Crippen LogP contribution in [0.2, 0.25) is 0 Å². The van der Waals surface area contributed by atoms with Gasteiger partial charge in [0.1, 0.15) is 5.82 Å². The number of hydrogen-bond donors (Lipinski definition) is 1. The first-order valence-electron chi connectivity index (χ1n) is 8.86. The van der Waals surface area contributed by atoms with Crippen molar-refractivity contribution in [3.05, 3.63) is 35.6 Å². The van der Waals surface area contributed by atoms with Crippen LogP contribution >= 0.6 is 12.4 Å². The number of hydrogen-bond acceptors (Lipinski definition) is 3. The van der Waals surface area contributed by atoms with E-state index in [4.69, 9.17) is 4.74 Å². The van der Waals surface area contributed by atoms with E-state index in [2.05, 4.69) is 5.32 Å². The molecular weight excluding hydrogens is 343 g/mol. The second kappa shape index (κ2) is 8.97. The van der Waals surface area contributed by atoms with Gasteiger partial charge in [-0.1, -0.05) is 12.1 Å². The predicted molar refractivity (Wildman–Crippen MR) is 98.5 cm³/mol. The molecule has 1 unspecified atom stereocenters. The Morgan fingerprint density at radius 1 is 1.32 bits per heavy atom. The molecule has 0 bridgehead atoms. The van der Waals surface area contributed by atoms with Crippen molar-refractivity contribution >= 4 is 18.3 Å². The highest BCUT2D eigenvalue weighted by Gasteiger charge is 2.43. The van der Waals surface area contributed by atoms with Crippen molar-refractivity contribution in [2.75, 3.05) is 39.9 Å². The second-order valence-electron chi connectivity index (χ2n) is 7.20. The van der Waals surface area contributed by atoms with Crippen molar-refractivity contribution in [1.82, 2.24) is 10.2 Å². The minimum atomic E-state index is -0.356. The molecule has 2 aliphatic rings. The van der Waals surface area contributed by atoms with Gasteiger partial charge in [0.25, 0.3) is 0 Å². The lowest BCUT2D eigenvalue weighted by atomic mass is 9.78. The molecule has 1 N–H and O–H groups in total. The minimum absolute atomic E-state index is 0. The number of rotatable bonds is 5. The largest absolute Gasteiger partial charge is 0.384 e. The van der Waals surface area contributed by atoms with Crippen LogP contribution in [-0.2, 0) is 16.0 Å². The maximum absolute atomic E-state index is 13.1. The third kappa shape index (κ3) is 4.72. The van der Waals surface area contributed by atoms with Crippen molar-refractivity contribution in [1.29, 1.82) is 0 Å². The summed E-state index contributed by atoms with van der Waals surface area (Å²) in [5, 5.41) is 3.33. The normalized spacial score (nSPS) is 22.5. The molecule has 0 aromatic heterocycles. The maximum Gasteiger partial charge on any atom is 0.231 e. The summed E-state index contributed by atoms with van der Waals surface area (Å²) in [7, 11) is 1.68. The van der Waals surface area contributed by atoms with Crippen LogP contribution in [0.1, 0.15) is 24.8 Å². The Balaban J connectivity index is 0.00000225. The van der Waals surface area contributed by atoms with Gasteiger partial charge in [-0.15, -0.1) is 12.4 Å². The number of benzene rings is 1. The van der Waals surface area contributed by atoms with Gasteiger partial charge in [0.05, 0.1) is 12.0 Å². The summed E-state index contributed by atoms with van der Waals surface area (Å²) in [6.45, 7) is 3.88. The Kier molecular flexibility index (Phi) is 7.23. The van der Waals surface area contributed by atoms with Crippen LogP contribution in [0, 0.1) is 17.2 Å². The molecule has 0 saturated carbocycles. The topological polar surface area (TPSA) is 41.6 Å². The van der Waals surface area contributed by atoms with Gasteiger partial charge in [-0.05, 0) is 62.4 Å². The zero-order valence-electron chi connectivity index (χ0n) is 14.8. The van der Waals surface area contributed by atoms with Gasteiger partial charge >= 0.3 is 0 Å². The molecule has 140 valence electrons. The van der Waals surface area contributed by atoms with Crippen LogP contribution in [0.15, 0.2) is 24.3 Å². The molecule has 0 radical (unpaired) electrons. The van der Waals surface area contributed by atoms with Crippen molar-refractivity contribution in [3.63, 3.8) is 0 Å². The van der Waals surface area contributed by atoms with Gasteiger partial charge < -0.3 is 15.0 Å². The number of nitrogens with zero attached hydrogens (tertiary/aromatic N) is 1. The number of likely N-dealkylation sites (tertiary alicyclic amines) is 1. The minimum Gasteiger partial charge on any atom is -0.384 e. The molecule has 2 fully saturated rings. The Morgan fingerprint density at radius 2 is 2.00 bits per heavy atom. The molecule has 6 heteroatoms. The quantitative estimate of drug-likeness (QED) is 0.866. The van der Waals surface area contributed by atoms with Crippen LogP contribution in [0.25, 0.3) is 0 Å². The standard InChI is InChI=1S/C19H27FN2O2.ClH/c1-24-14-19(7-9-21-10-8-19)18(23)22-11-6-16(13-22)12-15-2-4-17(20)5-3-15;/h2-5,16,21H,6-14H2,1H3;1H. The number of halogens is 2. The highest BCUT2D eigenvalue weighted by atomic mass is 35.5. The lowest BCUT2D eigenvalue weighted by Gasteiger charge is -2.38. The van der Waals surface area contributed by atoms with E-state index in [0.717, 1.165) is 57.4 Å². The zero-order valence-corrected chi connectivity index (χ0v) is 15.6. The van der Waals surface area contributed by atoms with E-state index in [1.165, 1.54) is 12.1 Å². The van der Waals surface area contributed by atoms with E-state index in [0.29, 0.717) is 12.5 Å². The molecule has 0 spiro atoms. The summed E-state index contributed by atoms with van der Waals surface area (Å²) in [6, 6.07) is 6.71. The van der Waals surface area contributed by atoms with E-state index in [1.807, 2.05) is 17.0 Å². The molecule has 2 saturated heterocycles. The number of amides is 1. The van der Waals surface area contributed by atoms with Crippen LogP contribution < -0.4 is 5.32 Å². The molecule has 1 amide bonds. The van der Waals surface area contributed by atoms with Crippen molar-refractivity contribution in [3.8, 4) is 0 Å². The summed E-state index contributed by atoms with van der Waals surface area (Å²) in [4.78, 5) is 15.1. The predicted octanol–water partition coefficient (Wildman–Crippen LogP) is 2.65. The summed E-state index contributed by atoms with van der Waals surface area (Å²) >= 11 is 0. The molecule has 2 aliphatic heterocycles. The number of methoxy groups -OCH3 is 1. The summed E-state index contributed by atoms with van der Waals surface area (Å²) in [5.74, 6) is 0.516. The van der Waals surface area contributed by atoms with E-state index in [1.54, 1.807) is 7.11 Å². The summed E-state index contributed by atoms with van der Waals surface area (Å²) in [6.07, 6.45) is 3.62. The second-order valence-corrected chi connectivity index (χ2v) is 7.20. The fourth-order valence-electron chi connectivity index (χ4n) is 4.07. The first-order chi connectivity index (χ1) is 11.6. The highest BCUT2D eigenvalue weighted by Crippen LogP contribution is 2.34. The number of nitrogens with one attached hydrogen (secondary N) is 1. The summed E-state index contributed by atoms with van der Waals surface area (Å²) < 4.78 is 18.4. The zero-order chi connectivity index (χ0) is 17.0. The van der Waals surface area contributed by atoms with Crippen LogP contribution in [0.4, 0.5) is 4.39 Å². The van der Waals surface area contributed by atoms with Crippen molar-refractivity contribution < 1.29 is 13.9 Å². The number of carbonyl (C=O) groups is 1. The number of piperidine rings is 1. The third-order valence-corrected chi connectivity index (χ3v) is 5.45. The lowest BCUT2D eigenvalue weighted by Crippen LogP contribution is -2.51. The molecule has 3 rings (SSSR count). The molecule has 25 heavy (non-hydrogen) atoms. The fraction of sp³-hybridized carbons (Fsp3) is 0.632. The number of ether oxygens (including phenoxy) is 1. The molecule has 2 heterocycles. The van der Waals surface area contributed by atoms with Crippen LogP contribution in [0.5, 0.6) is 0 Å². The Labute approximate surface area is 155 Å². The van der Waals surface area contributed by atoms with Gasteiger partial charge in [0, 0.05) is 20.2 Å². The lowest BCUT2D eigenvalue weighted by molar-refractivity contribution is -0.146. The average molecular weight is 371 g/mol. The van der Waals surface area contributed by atoms with Crippen molar-refractivity contribution in [2.24, 2.45) is 11.3 Å². The highest BCUT2D eigenvalue weighted by molar-refractivity contribution is 5.85.